The Bertz CT molecular complexity index is 1110. The third kappa shape index (κ3) is 5.18. The van der Waals surface area contributed by atoms with Crippen molar-refractivity contribution in [1.29, 1.82) is 0 Å². The van der Waals surface area contributed by atoms with Crippen LogP contribution in [0.5, 0.6) is 0 Å². The molecule has 30 heavy (non-hydrogen) atoms. The van der Waals surface area contributed by atoms with E-state index in [9.17, 15) is 12.8 Å². The molecule has 3 rings (SSSR count). The van der Waals surface area contributed by atoms with E-state index in [0.717, 1.165) is 6.42 Å². The van der Waals surface area contributed by atoms with Crippen molar-refractivity contribution in [3.63, 3.8) is 0 Å². The van der Waals surface area contributed by atoms with E-state index in [1.54, 1.807) is 24.3 Å². The van der Waals surface area contributed by atoms with Crippen molar-refractivity contribution in [3.8, 4) is 22.4 Å². The molecule has 0 fully saturated rings. The van der Waals surface area contributed by atoms with Crippen LogP contribution in [0.2, 0.25) is 0 Å². The van der Waals surface area contributed by atoms with Crippen molar-refractivity contribution in [2.75, 3.05) is 18.9 Å². The average Bonchev–Trinajstić information content (AvgIpc) is 2.74. The number of unbranched alkanes of at least 4 members (excludes halogenated alkanes) is 2. The minimum Gasteiger partial charge on any atom is -0.396 e. The van der Waals surface area contributed by atoms with Crippen molar-refractivity contribution >= 4 is 15.8 Å². The summed E-state index contributed by atoms with van der Waals surface area (Å²) in [5, 5.41) is 8.81. The zero-order chi connectivity index (χ0) is 21.6. The van der Waals surface area contributed by atoms with Crippen LogP contribution in [0.1, 0.15) is 19.3 Å². The minimum absolute atomic E-state index is 0.0755. The SMILES string of the molecule is Nc1cnc(-c2ccc(-c3ccccc3S(=O)(=O)NCCCCCO)cc2F)cn1. The van der Waals surface area contributed by atoms with Crippen LogP contribution in [-0.2, 0) is 10.0 Å². The Labute approximate surface area is 174 Å². The van der Waals surface area contributed by atoms with Gasteiger partial charge in [-0.25, -0.2) is 22.5 Å². The number of nitrogens with one attached hydrogen (secondary N) is 1. The van der Waals surface area contributed by atoms with Crippen LogP contribution in [0.4, 0.5) is 10.2 Å². The average molecular weight is 431 g/mol. The van der Waals surface area contributed by atoms with Crippen molar-refractivity contribution < 1.29 is 17.9 Å². The lowest BCUT2D eigenvalue weighted by molar-refractivity contribution is 0.283. The van der Waals surface area contributed by atoms with E-state index in [1.165, 1.54) is 30.6 Å². The zero-order valence-corrected chi connectivity index (χ0v) is 17.1. The second-order valence-electron chi connectivity index (χ2n) is 6.70. The van der Waals surface area contributed by atoms with Crippen LogP contribution in [0.25, 0.3) is 22.4 Å². The molecule has 0 amide bonds. The highest BCUT2D eigenvalue weighted by Crippen LogP contribution is 2.31. The number of benzene rings is 2. The molecule has 2 aromatic carbocycles. The van der Waals surface area contributed by atoms with Crippen LogP contribution >= 0.6 is 0 Å². The molecule has 1 aromatic heterocycles. The van der Waals surface area contributed by atoms with Gasteiger partial charge in [0.15, 0.2) is 0 Å². The predicted octanol–water partition coefficient (Wildman–Crippen LogP) is 2.97. The number of nitrogens with two attached hydrogens (primary N) is 1. The number of aromatic nitrogens is 2. The molecule has 1 heterocycles. The highest BCUT2D eigenvalue weighted by atomic mass is 32.2. The second kappa shape index (κ2) is 9.75. The molecule has 0 aliphatic heterocycles. The molecule has 0 spiro atoms. The highest BCUT2D eigenvalue weighted by Gasteiger charge is 2.19. The lowest BCUT2D eigenvalue weighted by atomic mass is 10.0. The summed E-state index contributed by atoms with van der Waals surface area (Å²) < 4.78 is 42.9. The largest absolute Gasteiger partial charge is 0.396 e. The molecule has 0 aliphatic carbocycles. The summed E-state index contributed by atoms with van der Waals surface area (Å²) in [6.07, 6.45) is 4.70. The monoisotopic (exact) mass is 430 g/mol. The molecule has 0 radical (unpaired) electrons. The molecule has 0 saturated carbocycles. The second-order valence-corrected chi connectivity index (χ2v) is 8.43. The number of hydrogen-bond donors (Lipinski definition) is 3. The summed E-state index contributed by atoms with van der Waals surface area (Å²) in [6, 6.07) is 10.9. The van der Waals surface area contributed by atoms with Gasteiger partial charge in [0.05, 0.1) is 23.0 Å². The van der Waals surface area contributed by atoms with Gasteiger partial charge in [0.2, 0.25) is 10.0 Å². The number of aliphatic hydroxyl groups is 1. The first kappa shape index (κ1) is 21.8. The molecule has 9 heteroatoms. The van der Waals surface area contributed by atoms with E-state index in [-0.39, 0.29) is 29.4 Å². The van der Waals surface area contributed by atoms with Crippen LogP contribution < -0.4 is 10.5 Å². The van der Waals surface area contributed by atoms with Gasteiger partial charge < -0.3 is 10.8 Å². The summed E-state index contributed by atoms with van der Waals surface area (Å²) in [5.74, 6) is -0.311. The number of nitrogen functional groups attached to an aromatic ring is 1. The molecule has 158 valence electrons. The van der Waals surface area contributed by atoms with Crippen LogP contribution in [0.15, 0.2) is 59.8 Å². The van der Waals surface area contributed by atoms with Gasteiger partial charge >= 0.3 is 0 Å². The molecule has 4 N–H and O–H groups in total. The molecule has 0 saturated heterocycles. The summed E-state index contributed by atoms with van der Waals surface area (Å²) in [5.41, 5.74) is 6.92. The smallest absolute Gasteiger partial charge is 0.241 e. The number of anilines is 1. The third-order valence-electron chi connectivity index (χ3n) is 4.53. The Hall–Kier alpha value is -2.88. The van der Waals surface area contributed by atoms with Crippen molar-refractivity contribution in [1.82, 2.24) is 14.7 Å². The van der Waals surface area contributed by atoms with Gasteiger partial charge in [-0.2, -0.15) is 0 Å². The van der Waals surface area contributed by atoms with Gasteiger partial charge in [-0.1, -0.05) is 24.3 Å². The minimum atomic E-state index is -3.78. The van der Waals surface area contributed by atoms with Gasteiger partial charge in [0.25, 0.3) is 0 Å². The maximum Gasteiger partial charge on any atom is 0.241 e. The maximum atomic E-state index is 14.8. The number of halogens is 1. The molecule has 0 aliphatic rings. The van der Waals surface area contributed by atoms with Gasteiger partial charge in [-0.15, -0.1) is 0 Å². The molecular formula is C21H23FN4O3S. The fourth-order valence-corrected chi connectivity index (χ4v) is 4.31. The summed E-state index contributed by atoms with van der Waals surface area (Å²) in [4.78, 5) is 8.07. The Kier molecular flexibility index (Phi) is 7.09. The predicted molar refractivity (Wildman–Crippen MR) is 113 cm³/mol. The van der Waals surface area contributed by atoms with Gasteiger partial charge in [0.1, 0.15) is 11.6 Å². The first-order valence-electron chi connectivity index (χ1n) is 9.50. The van der Waals surface area contributed by atoms with Crippen LogP contribution in [0, 0.1) is 5.82 Å². The third-order valence-corrected chi connectivity index (χ3v) is 6.05. The standard InChI is InChI=1S/C21H23FN4O3S/c22-18-12-15(8-9-17(18)19-13-25-21(23)14-24-19)16-6-2-3-7-20(16)30(28,29)26-10-4-1-5-11-27/h2-3,6-9,12-14,26-27H,1,4-5,10-11H2,(H2,23,25). The summed E-state index contributed by atoms with van der Waals surface area (Å²) >= 11 is 0. The van der Waals surface area contributed by atoms with Crippen molar-refractivity contribution in [3.05, 3.63) is 60.7 Å². The Balaban J connectivity index is 1.88. The molecule has 0 bridgehead atoms. The fraction of sp³-hybridized carbons (Fsp3) is 0.238. The number of sulfonamides is 1. The van der Waals surface area contributed by atoms with E-state index in [2.05, 4.69) is 14.7 Å². The summed E-state index contributed by atoms with van der Waals surface area (Å²) in [7, 11) is -3.78. The molecule has 7 nitrogen and oxygen atoms in total. The summed E-state index contributed by atoms with van der Waals surface area (Å²) in [6.45, 7) is 0.346. The fourth-order valence-electron chi connectivity index (χ4n) is 3.00. The zero-order valence-electron chi connectivity index (χ0n) is 16.3. The van der Waals surface area contributed by atoms with Gasteiger partial charge in [0, 0.05) is 24.3 Å². The highest BCUT2D eigenvalue weighted by molar-refractivity contribution is 7.89. The van der Waals surface area contributed by atoms with Crippen molar-refractivity contribution in [2.24, 2.45) is 0 Å². The first-order valence-corrected chi connectivity index (χ1v) is 11.0. The molecule has 0 unspecified atom stereocenters. The molecular weight excluding hydrogens is 407 g/mol. The van der Waals surface area contributed by atoms with E-state index in [0.29, 0.717) is 29.7 Å². The van der Waals surface area contributed by atoms with Crippen LogP contribution in [-0.4, -0.2) is 36.6 Å². The number of nitrogens with zero attached hydrogens (tertiary/aromatic N) is 2. The first-order chi connectivity index (χ1) is 14.4. The van der Waals surface area contributed by atoms with Gasteiger partial charge in [-0.3, -0.25) is 4.98 Å². The van der Waals surface area contributed by atoms with E-state index >= 15 is 0 Å². The number of rotatable bonds is 9. The lowest BCUT2D eigenvalue weighted by Crippen LogP contribution is -2.25. The topological polar surface area (TPSA) is 118 Å². The molecule has 3 aromatic rings. The lowest BCUT2D eigenvalue weighted by Gasteiger charge is -2.13. The Morgan fingerprint density at radius 2 is 1.80 bits per heavy atom. The van der Waals surface area contributed by atoms with E-state index in [4.69, 9.17) is 10.8 Å². The Morgan fingerprint density at radius 3 is 2.50 bits per heavy atom. The van der Waals surface area contributed by atoms with E-state index < -0.39 is 15.8 Å². The number of aliphatic hydroxyl groups excluding tert-OH is 1. The Morgan fingerprint density at radius 1 is 1.00 bits per heavy atom. The van der Waals surface area contributed by atoms with E-state index in [1.807, 2.05) is 0 Å². The van der Waals surface area contributed by atoms with Crippen molar-refractivity contribution in [2.45, 2.75) is 24.2 Å². The van der Waals surface area contributed by atoms with Crippen LogP contribution in [0.3, 0.4) is 0 Å². The van der Waals surface area contributed by atoms with Gasteiger partial charge in [-0.05, 0) is 43.0 Å². The maximum absolute atomic E-state index is 14.8. The number of hydrogen-bond acceptors (Lipinski definition) is 6. The normalized spacial score (nSPS) is 11.5. The quantitative estimate of drug-likeness (QED) is 0.449. The molecule has 0 atom stereocenters.